The number of rotatable bonds is 9. The summed E-state index contributed by atoms with van der Waals surface area (Å²) < 4.78 is 5.55. The van der Waals surface area contributed by atoms with Crippen molar-refractivity contribution in [2.45, 2.75) is 38.1 Å². The van der Waals surface area contributed by atoms with E-state index in [1.807, 2.05) is 31.2 Å². The van der Waals surface area contributed by atoms with E-state index in [1.165, 1.54) is 0 Å². The predicted octanol–water partition coefficient (Wildman–Crippen LogP) is 3.53. The zero-order chi connectivity index (χ0) is 22.7. The molecule has 2 amide bonds. The summed E-state index contributed by atoms with van der Waals surface area (Å²) in [6, 6.07) is 15.5. The molecule has 3 N–H and O–H groups in total. The van der Waals surface area contributed by atoms with Gasteiger partial charge in [0.15, 0.2) is 0 Å². The average molecular weight is 437 g/mol. The Labute approximate surface area is 187 Å². The van der Waals surface area contributed by atoms with Crippen molar-refractivity contribution in [2.24, 2.45) is 11.8 Å². The van der Waals surface area contributed by atoms with Gasteiger partial charge in [-0.25, -0.2) is 4.79 Å². The van der Waals surface area contributed by atoms with Gasteiger partial charge in [0.1, 0.15) is 12.6 Å². The molecule has 2 aromatic rings. The summed E-state index contributed by atoms with van der Waals surface area (Å²) in [6.45, 7) is 2.42. The molecule has 0 radical (unpaired) electrons. The molecule has 1 saturated carbocycles. The first-order chi connectivity index (χ1) is 15.5. The van der Waals surface area contributed by atoms with Crippen molar-refractivity contribution in [1.29, 1.82) is 0 Å². The number of nitrogens with one attached hydrogen (secondary N) is 2. The first kappa shape index (κ1) is 21.9. The number of carboxylic acids is 1. The molecule has 3 atom stereocenters. The van der Waals surface area contributed by atoms with Crippen LogP contribution >= 0.6 is 0 Å². The van der Waals surface area contributed by atoms with E-state index in [-0.39, 0.29) is 30.3 Å². The second kappa shape index (κ2) is 9.42. The van der Waals surface area contributed by atoms with Crippen molar-refractivity contribution in [3.8, 4) is 11.1 Å². The molecule has 0 heterocycles. The van der Waals surface area contributed by atoms with Gasteiger partial charge in [-0.1, -0.05) is 61.9 Å². The SMILES string of the molecule is CCC[C@@H](NC(=O)OCC1c2ccccc2-c2ccccc21)C(=O)NC[C@H]1C[C@H]1C(=O)O. The lowest BCUT2D eigenvalue weighted by Crippen LogP contribution is -2.47. The molecule has 1 fully saturated rings. The summed E-state index contributed by atoms with van der Waals surface area (Å²) in [7, 11) is 0. The minimum atomic E-state index is -0.828. The molecular formula is C25H28N2O5. The molecular weight excluding hydrogens is 408 g/mol. The Balaban J connectivity index is 1.33. The number of amides is 2. The average Bonchev–Trinajstić information content (AvgIpc) is 3.51. The van der Waals surface area contributed by atoms with Crippen LogP contribution in [0.1, 0.15) is 43.2 Å². The number of fused-ring (bicyclic) bond motifs is 3. The van der Waals surface area contributed by atoms with E-state index < -0.39 is 18.1 Å². The van der Waals surface area contributed by atoms with Gasteiger partial charge in [-0.15, -0.1) is 0 Å². The molecule has 7 heteroatoms. The largest absolute Gasteiger partial charge is 0.481 e. The fourth-order valence-electron chi connectivity index (χ4n) is 4.47. The van der Waals surface area contributed by atoms with Gasteiger partial charge in [0.05, 0.1) is 5.92 Å². The van der Waals surface area contributed by atoms with Crippen LogP contribution < -0.4 is 10.6 Å². The molecule has 0 saturated heterocycles. The fourth-order valence-corrected chi connectivity index (χ4v) is 4.47. The van der Waals surface area contributed by atoms with Crippen LogP contribution in [0.4, 0.5) is 4.79 Å². The first-order valence-electron chi connectivity index (χ1n) is 11.1. The van der Waals surface area contributed by atoms with Gasteiger partial charge >= 0.3 is 12.1 Å². The van der Waals surface area contributed by atoms with Crippen LogP contribution in [0.3, 0.4) is 0 Å². The number of benzene rings is 2. The molecule has 2 aliphatic rings. The number of aliphatic carboxylic acids is 1. The van der Waals surface area contributed by atoms with Gasteiger partial charge in [0, 0.05) is 12.5 Å². The zero-order valence-electron chi connectivity index (χ0n) is 18.0. The summed E-state index contributed by atoms with van der Waals surface area (Å²) in [5.41, 5.74) is 4.56. The van der Waals surface area contributed by atoms with E-state index in [2.05, 4.69) is 34.9 Å². The summed E-state index contributed by atoms with van der Waals surface area (Å²) in [6.07, 6.45) is 1.13. The molecule has 0 bridgehead atoms. The topological polar surface area (TPSA) is 105 Å². The van der Waals surface area contributed by atoms with Gasteiger partial charge in [0.2, 0.25) is 5.91 Å². The van der Waals surface area contributed by atoms with Crippen molar-refractivity contribution in [1.82, 2.24) is 10.6 Å². The van der Waals surface area contributed by atoms with Gasteiger partial charge < -0.3 is 20.5 Å². The zero-order valence-corrected chi connectivity index (χ0v) is 18.0. The molecule has 0 spiro atoms. The van der Waals surface area contributed by atoms with Crippen molar-refractivity contribution >= 4 is 18.0 Å². The van der Waals surface area contributed by atoms with Crippen molar-refractivity contribution in [3.63, 3.8) is 0 Å². The quantitative estimate of drug-likeness (QED) is 0.558. The Hall–Kier alpha value is -3.35. The number of carboxylic acid groups (broad SMARTS) is 1. The van der Waals surface area contributed by atoms with Crippen LogP contribution in [0.5, 0.6) is 0 Å². The molecule has 2 aromatic carbocycles. The Kier molecular flexibility index (Phi) is 6.44. The van der Waals surface area contributed by atoms with E-state index in [0.29, 0.717) is 25.8 Å². The predicted molar refractivity (Wildman–Crippen MR) is 119 cm³/mol. The molecule has 4 rings (SSSR count). The maximum Gasteiger partial charge on any atom is 0.407 e. The van der Waals surface area contributed by atoms with Crippen LogP contribution in [-0.4, -0.2) is 42.3 Å². The maximum atomic E-state index is 12.5. The number of hydrogen-bond acceptors (Lipinski definition) is 4. The van der Waals surface area contributed by atoms with E-state index in [1.54, 1.807) is 0 Å². The van der Waals surface area contributed by atoms with Crippen LogP contribution in [0.25, 0.3) is 11.1 Å². The molecule has 0 aliphatic heterocycles. The monoisotopic (exact) mass is 436 g/mol. The normalized spacial score (nSPS) is 19.4. The number of carbonyl (C=O) groups is 3. The second-order valence-corrected chi connectivity index (χ2v) is 8.50. The number of carbonyl (C=O) groups excluding carboxylic acids is 2. The lowest BCUT2D eigenvalue weighted by atomic mass is 9.98. The molecule has 0 aromatic heterocycles. The number of ether oxygens (including phenoxy) is 1. The Bertz CT molecular complexity index is 975. The van der Waals surface area contributed by atoms with Crippen LogP contribution in [-0.2, 0) is 14.3 Å². The van der Waals surface area contributed by atoms with E-state index in [9.17, 15) is 14.4 Å². The highest BCUT2D eigenvalue weighted by molar-refractivity contribution is 5.86. The number of hydrogen-bond donors (Lipinski definition) is 3. The van der Waals surface area contributed by atoms with Crippen molar-refractivity contribution in [3.05, 3.63) is 59.7 Å². The van der Waals surface area contributed by atoms with E-state index in [0.717, 1.165) is 22.3 Å². The first-order valence-corrected chi connectivity index (χ1v) is 11.1. The Morgan fingerprint density at radius 3 is 2.25 bits per heavy atom. The van der Waals surface area contributed by atoms with Gasteiger partial charge in [0.25, 0.3) is 0 Å². The Morgan fingerprint density at radius 2 is 1.69 bits per heavy atom. The minimum absolute atomic E-state index is 0.0341. The summed E-state index contributed by atoms with van der Waals surface area (Å²) in [5.74, 6) is -1.60. The minimum Gasteiger partial charge on any atom is -0.481 e. The molecule has 32 heavy (non-hydrogen) atoms. The van der Waals surface area contributed by atoms with Crippen LogP contribution in [0.2, 0.25) is 0 Å². The summed E-state index contributed by atoms with van der Waals surface area (Å²) >= 11 is 0. The van der Waals surface area contributed by atoms with Crippen LogP contribution in [0.15, 0.2) is 48.5 Å². The molecule has 7 nitrogen and oxygen atoms in total. The standard InChI is InChI=1S/C25H28N2O5/c1-2-7-22(23(28)26-13-15-12-20(15)24(29)30)27-25(31)32-14-21-18-10-5-3-8-16(18)17-9-4-6-11-19(17)21/h3-6,8-11,15,20-22H,2,7,12-14H2,1H3,(H,26,28)(H,27,31)(H,29,30)/t15-,20-,22-/m1/s1. The fraction of sp³-hybridized carbons (Fsp3) is 0.400. The highest BCUT2D eigenvalue weighted by Crippen LogP contribution is 2.44. The summed E-state index contributed by atoms with van der Waals surface area (Å²) in [5, 5.41) is 14.4. The highest BCUT2D eigenvalue weighted by atomic mass is 16.5. The van der Waals surface area contributed by atoms with Gasteiger partial charge in [-0.05, 0) is 41.0 Å². The Morgan fingerprint density at radius 1 is 1.06 bits per heavy atom. The second-order valence-electron chi connectivity index (χ2n) is 8.50. The van der Waals surface area contributed by atoms with E-state index in [4.69, 9.17) is 9.84 Å². The van der Waals surface area contributed by atoms with Crippen LogP contribution in [0, 0.1) is 11.8 Å². The molecule has 0 unspecified atom stereocenters. The van der Waals surface area contributed by atoms with Crippen molar-refractivity contribution < 1.29 is 24.2 Å². The van der Waals surface area contributed by atoms with E-state index >= 15 is 0 Å². The number of alkyl carbamates (subject to hydrolysis) is 1. The van der Waals surface area contributed by atoms with Crippen molar-refractivity contribution in [2.75, 3.05) is 13.2 Å². The van der Waals surface area contributed by atoms with Gasteiger partial charge in [-0.2, -0.15) is 0 Å². The third kappa shape index (κ3) is 4.61. The van der Waals surface area contributed by atoms with Gasteiger partial charge in [-0.3, -0.25) is 9.59 Å². The molecule has 2 aliphatic carbocycles. The lowest BCUT2D eigenvalue weighted by Gasteiger charge is -2.19. The maximum absolute atomic E-state index is 12.5. The highest BCUT2D eigenvalue weighted by Gasteiger charge is 2.43. The third-order valence-electron chi connectivity index (χ3n) is 6.31. The smallest absolute Gasteiger partial charge is 0.407 e. The molecule has 168 valence electrons. The summed E-state index contributed by atoms with van der Waals surface area (Å²) in [4.78, 5) is 36.0. The third-order valence-corrected chi connectivity index (χ3v) is 6.31. The lowest BCUT2D eigenvalue weighted by molar-refractivity contribution is -0.139.